The van der Waals surface area contributed by atoms with Crippen LogP contribution in [0.2, 0.25) is 5.02 Å². The molecule has 2 aromatic heterocycles. The highest BCUT2D eigenvalue weighted by molar-refractivity contribution is 6.37. The summed E-state index contributed by atoms with van der Waals surface area (Å²) in [6, 6.07) is 4.81. The average Bonchev–Trinajstić information content (AvgIpc) is 3.47. The molecule has 0 saturated carbocycles. The topological polar surface area (TPSA) is 104 Å². The Labute approximate surface area is 249 Å². The van der Waals surface area contributed by atoms with Gasteiger partial charge in [0.1, 0.15) is 53.4 Å². The molecular weight excluding hydrogens is 587 g/mol. The van der Waals surface area contributed by atoms with Crippen molar-refractivity contribution in [3.63, 3.8) is 0 Å². The highest BCUT2D eigenvalue weighted by Gasteiger charge is 2.49. The van der Waals surface area contributed by atoms with Gasteiger partial charge in [0.25, 0.3) is 0 Å². The molecule has 0 aliphatic carbocycles. The molecule has 13 heteroatoms. The van der Waals surface area contributed by atoms with Crippen molar-refractivity contribution in [2.75, 3.05) is 44.9 Å². The van der Waals surface area contributed by atoms with E-state index in [9.17, 15) is 19.0 Å². The third kappa shape index (κ3) is 4.58. The maximum Gasteiger partial charge on any atom is 0.319 e. The first kappa shape index (κ1) is 28.2. The number of benzene rings is 2. The third-order valence-corrected chi connectivity index (χ3v) is 9.32. The Morgan fingerprint density at radius 2 is 2.02 bits per heavy atom. The largest absolute Gasteiger partial charge is 0.508 e. The molecule has 5 heterocycles. The zero-order valence-electron chi connectivity index (χ0n) is 23.3. The summed E-state index contributed by atoms with van der Waals surface area (Å²) in [5.41, 5.74) is -0.844. The van der Waals surface area contributed by atoms with E-state index < -0.39 is 23.3 Å². The van der Waals surface area contributed by atoms with Gasteiger partial charge in [-0.2, -0.15) is 9.97 Å². The smallest absolute Gasteiger partial charge is 0.319 e. The van der Waals surface area contributed by atoms with Crippen molar-refractivity contribution >= 4 is 39.1 Å². The lowest BCUT2D eigenvalue weighted by Gasteiger charge is -2.31. The minimum absolute atomic E-state index is 0.0286. The number of nitrogens with zero attached hydrogens (tertiary/aromatic N) is 5. The van der Waals surface area contributed by atoms with Crippen LogP contribution in [0, 0.1) is 11.6 Å². The molecule has 0 bridgehead atoms. The summed E-state index contributed by atoms with van der Waals surface area (Å²) in [5, 5.41) is 20.7. The number of pyridine rings is 1. The number of hydrogen-bond donors (Lipinski definition) is 2. The van der Waals surface area contributed by atoms with Crippen LogP contribution >= 0.6 is 11.6 Å². The molecule has 4 aromatic rings. The maximum atomic E-state index is 16.7. The number of phenolic OH excluding ortho intramolecular Hbond substituents is 1. The Morgan fingerprint density at radius 3 is 2.84 bits per heavy atom. The molecule has 2 N–H and O–H groups in total. The van der Waals surface area contributed by atoms with Crippen molar-refractivity contribution in [2.24, 2.45) is 0 Å². The van der Waals surface area contributed by atoms with Gasteiger partial charge in [-0.25, -0.2) is 18.2 Å². The van der Waals surface area contributed by atoms with E-state index in [-0.39, 0.29) is 76.1 Å². The fourth-order valence-electron chi connectivity index (χ4n) is 6.81. The van der Waals surface area contributed by atoms with E-state index in [1.54, 1.807) is 11.9 Å². The monoisotopic (exact) mass is 615 g/mol. The Hall–Kier alpha value is -3.61. The van der Waals surface area contributed by atoms with Crippen molar-refractivity contribution in [2.45, 2.75) is 43.4 Å². The van der Waals surface area contributed by atoms with Crippen molar-refractivity contribution in [3.05, 3.63) is 40.9 Å². The second-order valence-corrected chi connectivity index (χ2v) is 11.9. The predicted octanol–water partition coefficient (Wildman–Crippen LogP) is 5.02. The van der Waals surface area contributed by atoms with Crippen LogP contribution in [-0.2, 0) is 0 Å². The second-order valence-electron chi connectivity index (χ2n) is 11.5. The molecule has 2 saturated heterocycles. The third-order valence-electron chi connectivity index (χ3n) is 8.95. The number of likely N-dealkylation sites (N-methyl/N-ethyl adjacent to an activating group) is 1. The fourth-order valence-corrected chi connectivity index (χ4v) is 7.08. The minimum atomic E-state index is -0.948. The number of ether oxygens (including phenoxy) is 2. The lowest BCUT2D eigenvalue weighted by atomic mass is 9.95. The number of phenols is 1. The first-order valence-electron chi connectivity index (χ1n) is 14.2. The molecule has 2 aromatic carbocycles. The van der Waals surface area contributed by atoms with Crippen molar-refractivity contribution < 1.29 is 32.9 Å². The van der Waals surface area contributed by atoms with Gasteiger partial charge in [0.15, 0.2) is 5.82 Å². The Bertz CT molecular complexity index is 1760. The summed E-state index contributed by atoms with van der Waals surface area (Å²) in [4.78, 5) is 17.5. The number of hydrogen-bond acceptors (Lipinski definition) is 9. The first-order chi connectivity index (χ1) is 20.7. The molecule has 43 heavy (non-hydrogen) atoms. The molecule has 0 radical (unpaired) electrons. The van der Waals surface area contributed by atoms with Gasteiger partial charge in [0.05, 0.1) is 16.6 Å². The number of halogens is 4. The normalized spacial score (nSPS) is 23.5. The van der Waals surface area contributed by atoms with Gasteiger partial charge >= 0.3 is 6.01 Å². The van der Waals surface area contributed by atoms with E-state index in [1.165, 1.54) is 18.2 Å². The molecule has 226 valence electrons. The van der Waals surface area contributed by atoms with Gasteiger partial charge in [0, 0.05) is 37.6 Å². The summed E-state index contributed by atoms with van der Waals surface area (Å²) in [7, 11) is 1.75. The SMILES string of the molecule is CN1c2nc(OC[C@@]34CCCN3C[C@H](F)C4)nc3c(F)c(-c4cc(O)cc5ccc(F)c(Cl)c45)nc(c23)OC[C@@H]1CCO. The molecule has 3 aliphatic rings. The van der Waals surface area contributed by atoms with E-state index >= 15 is 4.39 Å². The Morgan fingerprint density at radius 1 is 1.19 bits per heavy atom. The number of aliphatic hydroxyl groups excluding tert-OH is 1. The number of fused-ring (bicyclic) bond motifs is 2. The molecule has 3 aliphatic heterocycles. The maximum absolute atomic E-state index is 16.7. The average molecular weight is 616 g/mol. The summed E-state index contributed by atoms with van der Waals surface area (Å²) in [6.07, 6.45) is 1.43. The number of aromatic hydroxyl groups is 1. The van der Waals surface area contributed by atoms with Crippen LogP contribution in [0.25, 0.3) is 32.9 Å². The van der Waals surface area contributed by atoms with Gasteiger partial charge < -0.3 is 24.6 Å². The van der Waals surface area contributed by atoms with E-state index in [4.69, 9.17) is 21.1 Å². The summed E-state index contributed by atoms with van der Waals surface area (Å²) in [6.45, 7) is 1.25. The van der Waals surface area contributed by atoms with Crippen LogP contribution in [0.5, 0.6) is 17.6 Å². The van der Waals surface area contributed by atoms with Gasteiger partial charge in [0.2, 0.25) is 5.88 Å². The quantitative estimate of drug-likeness (QED) is 0.310. The molecule has 3 atom stereocenters. The highest BCUT2D eigenvalue weighted by atomic mass is 35.5. The van der Waals surface area contributed by atoms with E-state index in [2.05, 4.69) is 19.9 Å². The van der Waals surface area contributed by atoms with Gasteiger partial charge in [-0.05, 0) is 49.4 Å². The molecule has 7 rings (SSSR count). The Balaban J connectivity index is 1.42. The molecule has 0 unspecified atom stereocenters. The van der Waals surface area contributed by atoms with Crippen molar-refractivity contribution in [1.29, 1.82) is 0 Å². The van der Waals surface area contributed by atoms with Crippen molar-refractivity contribution in [3.8, 4) is 28.9 Å². The van der Waals surface area contributed by atoms with E-state index in [0.29, 0.717) is 30.6 Å². The number of aromatic nitrogens is 3. The summed E-state index contributed by atoms with van der Waals surface area (Å²) >= 11 is 6.35. The van der Waals surface area contributed by atoms with E-state index in [1.807, 2.05) is 0 Å². The number of rotatable bonds is 6. The fraction of sp³-hybridized carbons (Fsp3) is 0.433. The lowest BCUT2D eigenvalue weighted by molar-refractivity contribution is 0.107. The predicted molar refractivity (Wildman–Crippen MR) is 155 cm³/mol. The minimum Gasteiger partial charge on any atom is -0.508 e. The summed E-state index contributed by atoms with van der Waals surface area (Å²) in [5.74, 6) is -1.46. The van der Waals surface area contributed by atoms with Crippen LogP contribution in [0.4, 0.5) is 19.0 Å². The van der Waals surface area contributed by atoms with Gasteiger partial charge in [-0.3, -0.25) is 4.90 Å². The number of anilines is 1. The van der Waals surface area contributed by atoms with Crippen LogP contribution in [0.15, 0.2) is 24.3 Å². The lowest BCUT2D eigenvalue weighted by Crippen LogP contribution is -2.43. The van der Waals surface area contributed by atoms with Crippen LogP contribution in [0.1, 0.15) is 25.7 Å². The van der Waals surface area contributed by atoms with Crippen LogP contribution in [-0.4, -0.2) is 87.8 Å². The van der Waals surface area contributed by atoms with Crippen LogP contribution < -0.4 is 14.4 Å². The molecule has 0 spiro atoms. The number of aliphatic hydroxyl groups is 1. The second kappa shape index (κ2) is 10.5. The number of alkyl halides is 1. The molecular formula is C30H29ClF3N5O4. The zero-order chi connectivity index (χ0) is 30.0. The molecule has 2 fully saturated rings. The summed E-state index contributed by atoms with van der Waals surface area (Å²) < 4.78 is 57.8. The van der Waals surface area contributed by atoms with Crippen LogP contribution in [0.3, 0.4) is 0 Å². The molecule has 0 amide bonds. The molecule has 9 nitrogen and oxygen atoms in total. The standard InChI is InChI=1S/C30H29ClF3N5O4/c1-38-17(5-8-40)13-42-28-22-26(36-29(37-27(22)38)43-14-30-6-2-7-39(30)12-16(32)11-30)24(34)25(35-28)19-10-18(41)9-15-3-4-20(33)23(31)21(15)19/h3-4,9-10,16-17,40-41H,2,5-8,11-14H2,1H3/t16-,17+,30+/m1/s1. The zero-order valence-corrected chi connectivity index (χ0v) is 24.0. The first-order valence-corrected chi connectivity index (χ1v) is 14.6. The Kier molecular flexibility index (Phi) is 6.90. The van der Waals surface area contributed by atoms with E-state index in [0.717, 1.165) is 25.5 Å². The van der Waals surface area contributed by atoms with Gasteiger partial charge in [-0.15, -0.1) is 0 Å². The highest BCUT2D eigenvalue weighted by Crippen LogP contribution is 2.45. The van der Waals surface area contributed by atoms with Crippen molar-refractivity contribution in [1.82, 2.24) is 19.9 Å². The van der Waals surface area contributed by atoms with Gasteiger partial charge in [-0.1, -0.05) is 17.7 Å².